The number of ether oxygens (including phenoxy) is 1. The molecular weight excluding hydrogens is 270 g/mol. The molecule has 104 valence electrons. The molecule has 0 saturated carbocycles. The summed E-state index contributed by atoms with van der Waals surface area (Å²) in [5.41, 5.74) is 0.674. The summed E-state index contributed by atoms with van der Waals surface area (Å²) < 4.78 is 4.92. The fourth-order valence-electron chi connectivity index (χ4n) is 1.51. The maximum atomic E-state index is 11.5. The zero-order valence-corrected chi connectivity index (χ0v) is 11.3. The zero-order chi connectivity index (χ0) is 14.3. The molecule has 1 aromatic rings. The van der Waals surface area contributed by atoms with E-state index in [1.165, 1.54) is 0 Å². The highest BCUT2D eigenvalue weighted by atomic mass is 35.5. The van der Waals surface area contributed by atoms with Gasteiger partial charge in [-0.1, -0.05) is 29.8 Å². The minimum absolute atomic E-state index is 0.132. The van der Waals surface area contributed by atoms with Gasteiger partial charge in [0, 0.05) is 18.1 Å². The number of benzene rings is 1. The topological polar surface area (TPSA) is 75.6 Å². The third-order valence-electron chi connectivity index (χ3n) is 2.45. The van der Waals surface area contributed by atoms with Gasteiger partial charge in [0.05, 0.1) is 0 Å². The molecule has 0 aliphatic rings. The number of carbonyl (C=O) groups is 2. The number of halogens is 1. The normalized spacial score (nSPS) is 11.9. The maximum Gasteiger partial charge on any atom is 0.326 e. The molecule has 1 rings (SSSR count). The second-order valence-electron chi connectivity index (χ2n) is 3.89. The molecule has 1 atom stereocenters. The standard InChI is InChI=1S/C13H16ClNO4/c1-2-19-8-12(16)15-11(13(17)18)7-9-5-3-4-6-10(9)14/h3-6,11H,2,7-8H2,1H3,(H,15,16)(H,17,18)/t11-/m0/s1. The Morgan fingerprint density at radius 3 is 2.68 bits per heavy atom. The van der Waals surface area contributed by atoms with E-state index in [1.54, 1.807) is 31.2 Å². The van der Waals surface area contributed by atoms with Gasteiger partial charge in [-0.25, -0.2) is 4.79 Å². The molecular formula is C13H16ClNO4. The first-order valence-electron chi connectivity index (χ1n) is 5.88. The van der Waals surface area contributed by atoms with E-state index >= 15 is 0 Å². The number of nitrogens with one attached hydrogen (secondary N) is 1. The molecule has 1 amide bonds. The van der Waals surface area contributed by atoms with Crippen LogP contribution in [0.25, 0.3) is 0 Å². The van der Waals surface area contributed by atoms with E-state index < -0.39 is 17.9 Å². The van der Waals surface area contributed by atoms with Crippen LogP contribution >= 0.6 is 11.6 Å². The Labute approximate surface area is 116 Å². The summed E-state index contributed by atoms with van der Waals surface area (Å²) in [5, 5.41) is 12.0. The van der Waals surface area contributed by atoms with E-state index in [2.05, 4.69) is 5.32 Å². The predicted octanol–water partition coefficient (Wildman–Crippen LogP) is 1.49. The number of carboxylic acid groups (broad SMARTS) is 1. The summed E-state index contributed by atoms with van der Waals surface area (Å²) in [4.78, 5) is 22.6. The molecule has 1 aromatic carbocycles. The van der Waals surface area contributed by atoms with Crippen LogP contribution in [0.4, 0.5) is 0 Å². The summed E-state index contributed by atoms with van der Waals surface area (Å²) in [5.74, 6) is -1.56. The minimum atomic E-state index is -1.11. The van der Waals surface area contributed by atoms with Crippen molar-refractivity contribution in [3.8, 4) is 0 Å². The molecule has 19 heavy (non-hydrogen) atoms. The van der Waals surface area contributed by atoms with Crippen LogP contribution in [-0.2, 0) is 20.7 Å². The van der Waals surface area contributed by atoms with E-state index in [1.807, 2.05) is 0 Å². The Hall–Kier alpha value is -1.59. The van der Waals surface area contributed by atoms with Gasteiger partial charge >= 0.3 is 5.97 Å². The predicted molar refractivity (Wildman–Crippen MR) is 71.2 cm³/mol. The third kappa shape index (κ3) is 5.28. The van der Waals surface area contributed by atoms with Crippen molar-refractivity contribution in [1.29, 1.82) is 0 Å². The van der Waals surface area contributed by atoms with Crippen molar-refractivity contribution < 1.29 is 19.4 Å². The van der Waals surface area contributed by atoms with Gasteiger partial charge in [0.1, 0.15) is 12.6 Å². The van der Waals surface area contributed by atoms with Crippen molar-refractivity contribution in [3.05, 3.63) is 34.9 Å². The van der Waals surface area contributed by atoms with Gasteiger partial charge < -0.3 is 15.2 Å². The van der Waals surface area contributed by atoms with Gasteiger partial charge in [-0.05, 0) is 18.6 Å². The fraction of sp³-hybridized carbons (Fsp3) is 0.385. The summed E-state index contributed by atoms with van der Waals surface area (Å²) in [7, 11) is 0. The molecule has 0 saturated heterocycles. The lowest BCUT2D eigenvalue weighted by molar-refractivity contribution is -0.142. The highest BCUT2D eigenvalue weighted by Crippen LogP contribution is 2.16. The largest absolute Gasteiger partial charge is 0.480 e. The lowest BCUT2D eigenvalue weighted by atomic mass is 10.1. The number of amides is 1. The minimum Gasteiger partial charge on any atom is -0.480 e. The number of aliphatic carboxylic acids is 1. The van der Waals surface area contributed by atoms with Crippen molar-refractivity contribution in [2.24, 2.45) is 0 Å². The average molecular weight is 286 g/mol. The van der Waals surface area contributed by atoms with Crippen molar-refractivity contribution in [2.45, 2.75) is 19.4 Å². The number of carbonyl (C=O) groups excluding carboxylic acids is 1. The molecule has 0 unspecified atom stereocenters. The van der Waals surface area contributed by atoms with Crippen LogP contribution in [0.5, 0.6) is 0 Å². The molecule has 0 bridgehead atoms. The molecule has 0 heterocycles. The summed E-state index contributed by atoms with van der Waals surface area (Å²) in [6.07, 6.45) is 0.132. The quantitative estimate of drug-likeness (QED) is 0.796. The van der Waals surface area contributed by atoms with Crippen molar-refractivity contribution in [2.75, 3.05) is 13.2 Å². The van der Waals surface area contributed by atoms with Crippen LogP contribution in [-0.4, -0.2) is 36.2 Å². The van der Waals surface area contributed by atoms with Gasteiger partial charge in [0.15, 0.2) is 0 Å². The van der Waals surface area contributed by atoms with Crippen LogP contribution in [0, 0.1) is 0 Å². The Balaban J connectivity index is 2.66. The first-order chi connectivity index (χ1) is 9.04. The number of carboxylic acids is 1. The first kappa shape index (κ1) is 15.5. The van der Waals surface area contributed by atoms with Crippen LogP contribution in [0.2, 0.25) is 5.02 Å². The SMILES string of the molecule is CCOCC(=O)N[C@@H](Cc1ccccc1Cl)C(=O)O. The number of hydrogen-bond donors (Lipinski definition) is 2. The Morgan fingerprint density at radius 1 is 1.42 bits per heavy atom. The van der Waals surface area contributed by atoms with Crippen molar-refractivity contribution in [1.82, 2.24) is 5.32 Å². The van der Waals surface area contributed by atoms with E-state index in [0.29, 0.717) is 17.2 Å². The van der Waals surface area contributed by atoms with Gasteiger partial charge in [-0.3, -0.25) is 4.79 Å². The average Bonchev–Trinajstić information content (AvgIpc) is 2.38. The molecule has 0 aliphatic heterocycles. The van der Waals surface area contributed by atoms with E-state index in [4.69, 9.17) is 21.4 Å². The third-order valence-corrected chi connectivity index (χ3v) is 2.82. The summed E-state index contributed by atoms with van der Waals surface area (Å²) >= 11 is 5.96. The molecule has 0 aromatic heterocycles. The highest BCUT2D eigenvalue weighted by Gasteiger charge is 2.21. The second-order valence-corrected chi connectivity index (χ2v) is 4.30. The molecule has 0 spiro atoms. The highest BCUT2D eigenvalue weighted by molar-refractivity contribution is 6.31. The molecule has 5 nitrogen and oxygen atoms in total. The van der Waals surface area contributed by atoms with E-state index in [0.717, 1.165) is 0 Å². The van der Waals surface area contributed by atoms with E-state index in [9.17, 15) is 9.59 Å². The number of hydrogen-bond acceptors (Lipinski definition) is 3. The monoisotopic (exact) mass is 285 g/mol. The first-order valence-corrected chi connectivity index (χ1v) is 6.25. The molecule has 0 radical (unpaired) electrons. The van der Waals surface area contributed by atoms with Crippen LogP contribution in [0.1, 0.15) is 12.5 Å². The van der Waals surface area contributed by atoms with Crippen LogP contribution < -0.4 is 5.32 Å². The van der Waals surface area contributed by atoms with Crippen LogP contribution in [0.15, 0.2) is 24.3 Å². The lowest BCUT2D eigenvalue weighted by Crippen LogP contribution is -2.43. The van der Waals surface area contributed by atoms with Gasteiger partial charge in [0.2, 0.25) is 5.91 Å². The zero-order valence-electron chi connectivity index (χ0n) is 10.6. The number of rotatable bonds is 7. The molecule has 0 aliphatic carbocycles. The van der Waals surface area contributed by atoms with Crippen molar-refractivity contribution in [3.63, 3.8) is 0 Å². The van der Waals surface area contributed by atoms with Gasteiger partial charge in [-0.15, -0.1) is 0 Å². The Bertz CT molecular complexity index is 450. The lowest BCUT2D eigenvalue weighted by Gasteiger charge is -2.15. The molecule has 2 N–H and O–H groups in total. The summed E-state index contributed by atoms with van der Waals surface area (Å²) in [6.45, 7) is 2.00. The molecule has 6 heteroatoms. The maximum absolute atomic E-state index is 11.5. The Morgan fingerprint density at radius 2 is 2.11 bits per heavy atom. The second kappa shape index (κ2) is 7.76. The van der Waals surface area contributed by atoms with Crippen LogP contribution in [0.3, 0.4) is 0 Å². The van der Waals surface area contributed by atoms with Crippen molar-refractivity contribution >= 4 is 23.5 Å². The fourth-order valence-corrected chi connectivity index (χ4v) is 1.73. The van der Waals surface area contributed by atoms with E-state index in [-0.39, 0.29) is 13.0 Å². The smallest absolute Gasteiger partial charge is 0.326 e. The van der Waals surface area contributed by atoms with Gasteiger partial charge in [0.25, 0.3) is 0 Å². The Kier molecular flexibility index (Phi) is 6.32. The molecule has 0 fully saturated rings. The summed E-state index contributed by atoms with van der Waals surface area (Å²) in [6, 6.07) is 5.91. The van der Waals surface area contributed by atoms with Gasteiger partial charge in [-0.2, -0.15) is 0 Å².